The minimum absolute atomic E-state index is 0. The van der Waals surface area contributed by atoms with Crippen LogP contribution >= 0.6 is 28.3 Å². The van der Waals surface area contributed by atoms with Gasteiger partial charge < -0.3 is 10.2 Å². The second-order valence-electron chi connectivity index (χ2n) is 5.41. The molecule has 3 rings (SSSR count). The molecule has 1 saturated heterocycles. The maximum absolute atomic E-state index is 12.5. The molecule has 0 atom stereocenters. The van der Waals surface area contributed by atoms with Crippen LogP contribution < -0.4 is 5.32 Å². The van der Waals surface area contributed by atoms with Gasteiger partial charge in [0, 0.05) is 23.5 Å². The summed E-state index contributed by atoms with van der Waals surface area (Å²) in [4.78, 5) is 14.6. The molecule has 0 unspecified atom stereocenters. The van der Waals surface area contributed by atoms with Crippen molar-refractivity contribution in [3.8, 4) is 0 Å². The first-order chi connectivity index (χ1) is 9.25. The second-order valence-corrected chi connectivity index (χ2v) is 6.27. The molecule has 1 fully saturated rings. The van der Waals surface area contributed by atoms with Crippen molar-refractivity contribution in [1.82, 2.24) is 10.2 Å². The Morgan fingerprint density at radius 1 is 1.30 bits per heavy atom. The summed E-state index contributed by atoms with van der Waals surface area (Å²) in [6.07, 6.45) is 2.94. The summed E-state index contributed by atoms with van der Waals surface area (Å²) in [6.45, 7) is 3.59. The molecule has 0 aromatic heterocycles. The van der Waals surface area contributed by atoms with Crippen molar-refractivity contribution in [2.75, 3.05) is 19.6 Å². The van der Waals surface area contributed by atoms with Gasteiger partial charge in [-0.15, -0.1) is 12.4 Å². The maximum Gasteiger partial charge on any atom is 0.226 e. The van der Waals surface area contributed by atoms with E-state index in [0.29, 0.717) is 5.91 Å². The predicted octanol–water partition coefficient (Wildman–Crippen LogP) is 2.76. The Hall–Kier alpha value is -0.580. The van der Waals surface area contributed by atoms with Gasteiger partial charge in [-0.25, -0.2) is 0 Å². The van der Waals surface area contributed by atoms with E-state index >= 15 is 0 Å². The molecule has 0 spiro atoms. The van der Waals surface area contributed by atoms with Gasteiger partial charge in [0.2, 0.25) is 5.91 Å². The van der Waals surface area contributed by atoms with E-state index in [1.165, 1.54) is 15.6 Å². The second kappa shape index (κ2) is 6.92. The molecule has 1 aromatic rings. The highest BCUT2D eigenvalue weighted by Crippen LogP contribution is 2.27. The molecule has 1 N–H and O–H groups in total. The topological polar surface area (TPSA) is 32.3 Å². The third-order valence-corrected chi connectivity index (χ3v) is 4.95. The number of hydrogen-bond acceptors (Lipinski definition) is 2. The highest BCUT2D eigenvalue weighted by molar-refractivity contribution is 9.10. The van der Waals surface area contributed by atoms with Crippen molar-refractivity contribution in [2.24, 2.45) is 5.92 Å². The van der Waals surface area contributed by atoms with Crippen molar-refractivity contribution < 1.29 is 4.79 Å². The highest BCUT2D eigenvalue weighted by atomic mass is 79.9. The number of nitrogens with one attached hydrogen (secondary N) is 1. The molecule has 5 heteroatoms. The first kappa shape index (κ1) is 15.8. The third-order valence-electron chi connectivity index (χ3n) is 4.21. The molecule has 1 amide bonds. The molecule has 20 heavy (non-hydrogen) atoms. The Kier molecular flexibility index (Phi) is 5.47. The minimum atomic E-state index is 0. The molecule has 0 aliphatic carbocycles. The number of hydrogen-bond donors (Lipinski definition) is 1. The van der Waals surface area contributed by atoms with Gasteiger partial charge in [-0.2, -0.15) is 0 Å². The third kappa shape index (κ3) is 3.18. The highest BCUT2D eigenvalue weighted by Gasteiger charge is 2.28. The van der Waals surface area contributed by atoms with Crippen LogP contribution in [-0.4, -0.2) is 30.4 Å². The molecule has 1 aromatic carbocycles. The number of carbonyl (C=O) groups excluding carboxylic acids is 1. The Morgan fingerprint density at radius 2 is 2.05 bits per heavy atom. The van der Waals surface area contributed by atoms with Crippen molar-refractivity contribution in [1.29, 1.82) is 0 Å². The average Bonchev–Trinajstić information content (AvgIpc) is 2.47. The molecule has 2 heterocycles. The fraction of sp³-hybridized carbons (Fsp3) is 0.533. The number of piperidine rings is 1. The Morgan fingerprint density at radius 3 is 2.80 bits per heavy atom. The van der Waals surface area contributed by atoms with Crippen molar-refractivity contribution >= 4 is 34.2 Å². The summed E-state index contributed by atoms with van der Waals surface area (Å²) in [6, 6.07) is 6.28. The lowest BCUT2D eigenvalue weighted by Crippen LogP contribution is -2.43. The van der Waals surface area contributed by atoms with Crippen molar-refractivity contribution in [3.63, 3.8) is 0 Å². The van der Waals surface area contributed by atoms with Crippen LogP contribution in [0.15, 0.2) is 22.7 Å². The predicted molar refractivity (Wildman–Crippen MR) is 86.1 cm³/mol. The number of amides is 1. The number of halogens is 2. The quantitative estimate of drug-likeness (QED) is 0.836. The fourth-order valence-corrected chi connectivity index (χ4v) is 3.68. The zero-order chi connectivity index (χ0) is 13.2. The molecule has 2 aliphatic rings. The van der Waals surface area contributed by atoms with E-state index in [-0.39, 0.29) is 18.3 Å². The van der Waals surface area contributed by atoms with Crippen LogP contribution in [0.1, 0.15) is 24.0 Å². The van der Waals surface area contributed by atoms with Crippen molar-refractivity contribution in [2.45, 2.75) is 25.8 Å². The normalized spacial score (nSPS) is 19.1. The van der Waals surface area contributed by atoms with Crippen LogP contribution in [0.4, 0.5) is 0 Å². The average molecular weight is 360 g/mol. The zero-order valence-corrected chi connectivity index (χ0v) is 13.8. The molecular formula is C15H20BrClN2O. The summed E-state index contributed by atoms with van der Waals surface area (Å²) in [5, 5.41) is 3.32. The first-order valence-electron chi connectivity index (χ1n) is 7.01. The van der Waals surface area contributed by atoms with Gasteiger partial charge in [-0.05, 0) is 49.5 Å². The lowest BCUT2D eigenvalue weighted by Gasteiger charge is -2.33. The largest absolute Gasteiger partial charge is 0.338 e. The van der Waals surface area contributed by atoms with Crippen LogP contribution in [0.2, 0.25) is 0 Å². The van der Waals surface area contributed by atoms with Crippen LogP contribution in [0.25, 0.3) is 0 Å². The number of carbonyl (C=O) groups is 1. The molecule has 0 saturated carbocycles. The van der Waals surface area contributed by atoms with Crippen LogP contribution in [-0.2, 0) is 17.8 Å². The molecular weight excluding hydrogens is 340 g/mol. The molecule has 2 aliphatic heterocycles. The fourth-order valence-electron chi connectivity index (χ4n) is 3.08. The lowest BCUT2D eigenvalue weighted by atomic mass is 9.94. The minimum Gasteiger partial charge on any atom is -0.338 e. The van der Waals surface area contributed by atoms with E-state index in [1.54, 1.807) is 0 Å². The lowest BCUT2D eigenvalue weighted by molar-refractivity contribution is -0.137. The van der Waals surface area contributed by atoms with Gasteiger partial charge >= 0.3 is 0 Å². The van der Waals surface area contributed by atoms with Crippen LogP contribution in [0, 0.1) is 5.92 Å². The van der Waals surface area contributed by atoms with Gasteiger partial charge in [0.05, 0.1) is 0 Å². The van der Waals surface area contributed by atoms with Crippen LogP contribution in [0.5, 0.6) is 0 Å². The smallest absolute Gasteiger partial charge is 0.226 e. The van der Waals surface area contributed by atoms with Gasteiger partial charge in [-0.3, -0.25) is 4.79 Å². The van der Waals surface area contributed by atoms with E-state index in [9.17, 15) is 4.79 Å². The van der Waals surface area contributed by atoms with Gasteiger partial charge in [0.1, 0.15) is 0 Å². The van der Waals surface area contributed by atoms with E-state index in [1.807, 2.05) is 4.90 Å². The van der Waals surface area contributed by atoms with E-state index in [4.69, 9.17) is 0 Å². The van der Waals surface area contributed by atoms with E-state index < -0.39 is 0 Å². The van der Waals surface area contributed by atoms with Gasteiger partial charge in [0.15, 0.2) is 0 Å². The molecule has 0 bridgehead atoms. The molecule has 3 nitrogen and oxygen atoms in total. The van der Waals surface area contributed by atoms with Crippen LogP contribution in [0.3, 0.4) is 0 Å². The Labute approximate surface area is 134 Å². The summed E-state index contributed by atoms with van der Waals surface area (Å²) in [5.41, 5.74) is 2.67. The molecule has 0 radical (unpaired) electrons. The van der Waals surface area contributed by atoms with Crippen molar-refractivity contribution in [3.05, 3.63) is 33.8 Å². The SMILES string of the molecule is Cl.O=C(C1CCNCC1)N1CCc2c(Br)cccc2C1. The maximum atomic E-state index is 12.5. The standard InChI is InChI=1S/C15H19BrN2O.ClH/c16-14-3-1-2-12-10-18(9-6-13(12)14)15(19)11-4-7-17-8-5-11;/h1-3,11,17H,4-10H2;1H. The summed E-state index contributed by atoms with van der Waals surface area (Å²) in [7, 11) is 0. The Bertz CT molecular complexity index is 489. The number of rotatable bonds is 1. The van der Waals surface area contributed by atoms with Gasteiger partial charge in [0.25, 0.3) is 0 Å². The van der Waals surface area contributed by atoms with E-state index in [0.717, 1.165) is 45.4 Å². The Balaban J connectivity index is 0.00000147. The van der Waals surface area contributed by atoms with E-state index in [2.05, 4.69) is 39.4 Å². The van der Waals surface area contributed by atoms with Gasteiger partial charge in [-0.1, -0.05) is 28.1 Å². The summed E-state index contributed by atoms with van der Waals surface area (Å²) >= 11 is 3.60. The first-order valence-corrected chi connectivity index (χ1v) is 7.81. The summed E-state index contributed by atoms with van der Waals surface area (Å²) in [5.74, 6) is 0.585. The summed E-state index contributed by atoms with van der Waals surface area (Å²) < 4.78 is 1.18. The molecule has 110 valence electrons. The zero-order valence-electron chi connectivity index (χ0n) is 11.4. The number of benzene rings is 1. The number of fused-ring (bicyclic) bond motifs is 1. The number of nitrogens with zero attached hydrogens (tertiary/aromatic N) is 1. The monoisotopic (exact) mass is 358 g/mol.